The van der Waals surface area contributed by atoms with Gasteiger partial charge in [-0.05, 0) is 25.0 Å². The van der Waals surface area contributed by atoms with Gasteiger partial charge in [0.2, 0.25) is 5.91 Å². The number of carboxylic acids is 1. The van der Waals surface area contributed by atoms with E-state index in [2.05, 4.69) is 5.32 Å². The first-order valence-corrected chi connectivity index (χ1v) is 5.90. The van der Waals surface area contributed by atoms with E-state index in [1.165, 1.54) is 19.2 Å². The predicted octanol–water partition coefficient (Wildman–Crippen LogP) is 1.88. The van der Waals surface area contributed by atoms with Crippen molar-refractivity contribution in [2.75, 3.05) is 12.4 Å². The number of carboxylic acid groups (broad SMARTS) is 1. The standard InChI is InChI=1S/C13H14FNO4/c1-19-11-6-7(14)2-5-10(11)15-12(16)8-3-4-9(8)13(17)18/h2,5-6,8-9H,3-4H2,1H3,(H,15,16)(H,17,18). The van der Waals surface area contributed by atoms with Crippen LogP contribution in [0.15, 0.2) is 18.2 Å². The van der Waals surface area contributed by atoms with Crippen LogP contribution in [0.5, 0.6) is 5.75 Å². The molecule has 1 fully saturated rings. The van der Waals surface area contributed by atoms with Gasteiger partial charge in [-0.3, -0.25) is 9.59 Å². The summed E-state index contributed by atoms with van der Waals surface area (Å²) >= 11 is 0. The molecule has 2 N–H and O–H groups in total. The number of carbonyl (C=O) groups excluding carboxylic acids is 1. The second kappa shape index (κ2) is 5.26. The van der Waals surface area contributed by atoms with Crippen LogP contribution in [0.25, 0.3) is 0 Å². The van der Waals surface area contributed by atoms with E-state index >= 15 is 0 Å². The van der Waals surface area contributed by atoms with Crippen molar-refractivity contribution in [3.8, 4) is 5.75 Å². The summed E-state index contributed by atoms with van der Waals surface area (Å²) in [6, 6.07) is 3.75. The highest BCUT2D eigenvalue weighted by molar-refractivity contribution is 5.97. The van der Waals surface area contributed by atoms with E-state index < -0.39 is 23.6 Å². The summed E-state index contributed by atoms with van der Waals surface area (Å²) in [5, 5.41) is 11.5. The number of amides is 1. The molecule has 0 radical (unpaired) electrons. The largest absolute Gasteiger partial charge is 0.494 e. The van der Waals surface area contributed by atoms with Gasteiger partial charge in [-0.15, -0.1) is 0 Å². The maximum absolute atomic E-state index is 13.0. The molecule has 0 spiro atoms. The Kier molecular flexibility index (Phi) is 3.69. The molecule has 0 heterocycles. The molecule has 1 saturated carbocycles. The number of anilines is 1. The summed E-state index contributed by atoms with van der Waals surface area (Å²) < 4.78 is 18.0. The van der Waals surface area contributed by atoms with Crippen LogP contribution < -0.4 is 10.1 Å². The summed E-state index contributed by atoms with van der Waals surface area (Å²) in [5.74, 6) is -2.76. The third kappa shape index (κ3) is 2.67. The van der Waals surface area contributed by atoms with Crippen LogP contribution in [-0.2, 0) is 9.59 Å². The van der Waals surface area contributed by atoms with Crippen molar-refractivity contribution in [1.29, 1.82) is 0 Å². The molecule has 0 aromatic heterocycles. The van der Waals surface area contributed by atoms with Crippen LogP contribution in [0.3, 0.4) is 0 Å². The molecule has 2 rings (SSSR count). The second-order valence-electron chi connectivity index (χ2n) is 4.46. The van der Waals surface area contributed by atoms with Crippen LogP contribution in [0.4, 0.5) is 10.1 Å². The minimum absolute atomic E-state index is 0.208. The first-order valence-electron chi connectivity index (χ1n) is 5.90. The van der Waals surface area contributed by atoms with Gasteiger partial charge in [-0.2, -0.15) is 0 Å². The monoisotopic (exact) mass is 267 g/mol. The maximum Gasteiger partial charge on any atom is 0.307 e. The molecule has 2 atom stereocenters. The van der Waals surface area contributed by atoms with Gasteiger partial charge in [0.1, 0.15) is 11.6 Å². The summed E-state index contributed by atoms with van der Waals surface area (Å²) in [4.78, 5) is 22.8. The number of methoxy groups -OCH3 is 1. The van der Waals surface area contributed by atoms with Crippen LogP contribution >= 0.6 is 0 Å². The summed E-state index contributed by atoms with van der Waals surface area (Å²) in [6.07, 6.45) is 1.06. The molecule has 19 heavy (non-hydrogen) atoms. The molecular formula is C13H14FNO4. The quantitative estimate of drug-likeness (QED) is 0.873. The summed E-state index contributed by atoms with van der Waals surface area (Å²) in [7, 11) is 1.37. The third-order valence-corrected chi connectivity index (χ3v) is 3.35. The summed E-state index contributed by atoms with van der Waals surface area (Å²) in [5.41, 5.74) is 0.338. The Bertz CT molecular complexity index is 517. The molecule has 1 aromatic rings. The lowest BCUT2D eigenvalue weighted by Crippen LogP contribution is -2.41. The van der Waals surface area contributed by atoms with Gasteiger partial charge in [0, 0.05) is 6.07 Å². The van der Waals surface area contributed by atoms with Gasteiger partial charge in [0.25, 0.3) is 0 Å². The molecule has 1 aliphatic carbocycles. The van der Waals surface area contributed by atoms with Gasteiger partial charge in [0.15, 0.2) is 0 Å². The van der Waals surface area contributed by atoms with Crippen molar-refractivity contribution >= 4 is 17.6 Å². The zero-order valence-electron chi connectivity index (χ0n) is 10.4. The lowest BCUT2D eigenvalue weighted by molar-refractivity contribution is -0.151. The Morgan fingerprint density at radius 3 is 2.58 bits per heavy atom. The van der Waals surface area contributed by atoms with E-state index in [0.717, 1.165) is 6.07 Å². The lowest BCUT2D eigenvalue weighted by atomic mass is 9.73. The SMILES string of the molecule is COc1cc(F)ccc1NC(=O)C1CCC1C(=O)O. The minimum Gasteiger partial charge on any atom is -0.494 e. The Balaban J connectivity index is 2.09. The van der Waals surface area contributed by atoms with Gasteiger partial charge < -0.3 is 15.2 Å². The molecule has 1 aliphatic rings. The minimum atomic E-state index is -0.961. The number of halogens is 1. The zero-order chi connectivity index (χ0) is 14.0. The predicted molar refractivity (Wildman–Crippen MR) is 65.4 cm³/mol. The normalized spacial score (nSPS) is 21.4. The molecule has 1 aromatic carbocycles. The van der Waals surface area contributed by atoms with Crippen molar-refractivity contribution in [1.82, 2.24) is 0 Å². The highest BCUT2D eigenvalue weighted by atomic mass is 19.1. The fourth-order valence-corrected chi connectivity index (χ4v) is 2.10. The molecule has 0 bridgehead atoms. The van der Waals surface area contributed by atoms with Crippen LogP contribution in [0.2, 0.25) is 0 Å². The maximum atomic E-state index is 13.0. The van der Waals surface area contributed by atoms with E-state index in [4.69, 9.17) is 9.84 Å². The lowest BCUT2D eigenvalue weighted by Gasteiger charge is -2.32. The third-order valence-electron chi connectivity index (χ3n) is 3.35. The number of benzene rings is 1. The summed E-state index contributed by atoms with van der Waals surface area (Å²) in [6.45, 7) is 0. The number of carbonyl (C=O) groups is 2. The van der Waals surface area contributed by atoms with Crippen molar-refractivity contribution in [2.24, 2.45) is 11.8 Å². The smallest absolute Gasteiger partial charge is 0.307 e. The Morgan fingerprint density at radius 1 is 1.37 bits per heavy atom. The van der Waals surface area contributed by atoms with Crippen LogP contribution in [-0.4, -0.2) is 24.1 Å². The van der Waals surface area contributed by atoms with Gasteiger partial charge in [0.05, 0.1) is 24.6 Å². The average Bonchev–Trinajstić information content (AvgIpc) is 2.29. The number of nitrogens with one attached hydrogen (secondary N) is 1. The van der Waals surface area contributed by atoms with Crippen LogP contribution in [0, 0.1) is 17.7 Å². The first-order chi connectivity index (χ1) is 9.02. The number of hydrogen-bond acceptors (Lipinski definition) is 3. The Morgan fingerprint density at radius 2 is 2.05 bits per heavy atom. The number of ether oxygens (including phenoxy) is 1. The zero-order valence-corrected chi connectivity index (χ0v) is 10.4. The molecule has 102 valence electrons. The molecule has 0 saturated heterocycles. The van der Waals surface area contributed by atoms with Gasteiger partial charge in [-0.25, -0.2) is 4.39 Å². The van der Waals surface area contributed by atoms with Crippen LogP contribution in [0.1, 0.15) is 12.8 Å². The average molecular weight is 267 g/mol. The molecule has 5 nitrogen and oxygen atoms in total. The van der Waals surface area contributed by atoms with Crippen molar-refractivity contribution in [2.45, 2.75) is 12.8 Å². The van der Waals surface area contributed by atoms with E-state index in [1.807, 2.05) is 0 Å². The van der Waals surface area contributed by atoms with E-state index in [1.54, 1.807) is 0 Å². The number of rotatable bonds is 4. The number of hydrogen-bond donors (Lipinski definition) is 2. The highest BCUT2D eigenvalue weighted by Gasteiger charge is 2.41. The Labute approximate surface area is 109 Å². The van der Waals surface area contributed by atoms with Gasteiger partial charge >= 0.3 is 5.97 Å². The van der Waals surface area contributed by atoms with Crippen molar-refractivity contribution in [3.05, 3.63) is 24.0 Å². The second-order valence-corrected chi connectivity index (χ2v) is 4.46. The first kappa shape index (κ1) is 13.3. The van der Waals surface area contributed by atoms with E-state index in [-0.39, 0.29) is 11.7 Å². The fraction of sp³-hybridized carbons (Fsp3) is 0.385. The van der Waals surface area contributed by atoms with E-state index in [9.17, 15) is 14.0 Å². The van der Waals surface area contributed by atoms with Crippen molar-refractivity contribution in [3.63, 3.8) is 0 Å². The molecule has 6 heteroatoms. The topological polar surface area (TPSA) is 75.6 Å². The Hall–Kier alpha value is -2.11. The molecule has 2 unspecified atom stereocenters. The number of aliphatic carboxylic acids is 1. The van der Waals surface area contributed by atoms with Gasteiger partial charge in [-0.1, -0.05) is 0 Å². The molecular weight excluding hydrogens is 253 g/mol. The molecule has 1 amide bonds. The molecule has 0 aliphatic heterocycles. The highest BCUT2D eigenvalue weighted by Crippen LogP contribution is 2.36. The van der Waals surface area contributed by atoms with E-state index in [0.29, 0.717) is 18.5 Å². The fourth-order valence-electron chi connectivity index (χ4n) is 2.10. The van der Waals surface area contributed by atoms with Crippen molar-refractivity contribution < 1.29 is 23.8 Å².